The van der Waals surface area contributed by atoms with Gasteiger partial charge in [-0.3, -0.25) is 0 Å². The average molecular weight is 170 g/mol. The van der Waals surface area contributed by atoms with E-state index < -0.39 is 0 Å². The number of aliphatic hydroxyl groups excluding tert-OH is 1. The lowest BCUT2D eigenvalue weighted by atomic mass is 9.70. The van der Waals surface area contributed by atoms with E-state index in [2.05, 4.69) is 20.8 Å². The summed E-state index contributed by atoms with van der Waals surface area (Å²) >= 11 is 0. The van der Waals surface area contributed by atoms with Crippen molar-refractivity contribution < 1.29 is 5.11 Å². The Morgan fingerprint density at radius 2 is 1.92 bits per heavy atom. The molecule has 0 heterocycles. The van der Waals surface area contributed by atoms with Crippen LogP contribution in [0, 0.1) is 17.8 Å². The van der Waals surface area contributed by atoms with E-state index in [9.17, 15) is 5.11 Å². The lowest BCUT2D eigenvalue weighted by Gasteiger charge is -2.38. The molecule has 1 saturated carbocycles. The molecule has 0 aliphatic heterocycles. The molecule has 0 amide bonds. The van der Waals surface area contributed by atoms with Gasteiger partial charge in [0.05, 0.1) is 6.10 Å². The van der Waals surface area contributed by atoms with Crippen molar-refractivity contribution in [2.45, 2.75) is 52.6 Å². The van der Waals surface area contributed by atoms with E-state index in [0.29, 0.717) is 5.92 Å². The molecule has 1 N–H and O–H groups in total. The summed E-state index contributed by atoms with van der Waals surface area (Å²) in [6.45, 7) is 6.78. The predicted molar refractivity (Wildman–Crippen MR) is 52.0 cm³/mol. The van der Waals surface area contributed by atoms with Gasteiger partial charge in [-0.05, 0) is 30.6 Å². The van der Waals surface area contributed by atoms with Gasteiger partial charge >= 0.3 is 0 Å². The van der Waals surface area contributed by atoms with Gasteiger partial charge in [0, 0.05) is 0 Å². The molecule has 1 aliphatic rings. The van der Waals surface area contributed by atoms with Crippen LogP contribution in [0.3, 0.4) is 0 Å². The van der Waals surface area contributed by atoms with Crippen molar-refractivity contribution in [3.63, 3.8) is 0 Å². The number of aliphatic hydroxyl groups is 1. The monoisotopic (exact) mass is 170 g/mol. The van der Waals surface area contributed by atoms with Crippen LogP contribution >= 0.6 is 0 Å². The Kier molecular flexibility index (Phi) is 3.57. The fraction of sp³-hybridized carbons (Fsp3) is 1.00. The third-order valence-electron chi connectivity index (χ3n) is 3.55. The number of hydrogen-bond acceptors (Lipinski definition) is 1. The maximum Gasteiger partial charge on any atom is 0.0568 e. The molecule has 0 aromatic heterocycles. The molecule has 0 radical (unpaired) electrons. The van der Waals surface area contributed by atoms with E-state index in [1.165, 1.54) is 19.3 Å². The third kappa shape index (κ3) is 2.01. The predicted octanol–water partition coefficient (Wildman–Crippen LogP) is 2.83. The second-order valence-electron chi connectivity index (χ2n) is 4.43. The molecule has 72 valence electrons. The molecular formula is C11H22O. The number of hydrogen-bond donors (Lipinski definition) is 1. The van der Waals surface area contributed by atoms with Crippen molar-refractivity contribution >= 4 is 0 Å². The largest absolute Gasteiger partial charge is 0.393 e. The van der Waals surface area contributed by atoms with Crippen LogP contribution in [0.25, 0.3) is 0 Å². The highest BCUT2D eigenvalue weighted by Gasteiger charge is 2.32. The second-order valence-corrected chi connectivity index (χ2v) is 4.43. The lowest BCUT2D eigenvalue weighted by Crippen LogP contribution is -2.35. The Balaban J connectivity index is 2.52. The molecule has 12 heavy (non-hydrogen) atoms. The first-order valence-corrected chi connectivity index (χ1v) is 5.34. The molecule has 0 aromatic carbocycles. The molecule has 1 rings (SSSR count). The highest BCUT2D eigenvalue weighted by Crippen LogP contribution is 2.37. The second kappa shape index (κ2) is 4.27. The van der Waals surface area contributed by atoms with Gasteiger partial charge < -0.3 is 5.11 Å². The fourth-order valence-corrected chi connectivity index (χ4v) is 2.59. The molecular weight excluding hydrogens is 148 g/mol. The summed E-state index contributed by atoms with van der Waals surface area (Å²) in [7, 11) is 0. The van der Waals surface area contributed by atoms with Crippen LogP contribution in [0.4, 0.5) is 0 Å². The molecule has 1 aliphatic carbocycles. The topological polar surface area (TPSA) is 20.2 Å². The van der Waals surface area contributed by atoms with E-state index in [4.69, 9.17) is 0 Å². The van der Waals surface area contributed by atoms with Crippen LogP contribution < -0.4 is 0 Å². The van der Waals surface area contributed by atoms with Crippen molar-refractivity contribution in [2.75, 3.05) is 0 Å². The van der Waals surface area contributed by atoms with E-state index in [-0.39, 0.29) is 6.10 Å². The van der Waals surface area contributed by atoms with Crippen LogP contribution in [0.15, 0.2) is 0 Å². The van der Waals surface area contributed by atoms with Crippen LogP contribution in [0.2, 0.25) is 0 Å². The first-order chi connectivity index (χ1) is 5.66. The van der Waals surface area contributed by atoms with Crippen molar-refractivity contribution in [1.82, 2.24) is 0 Å². The molecule has 0 bridgehead atoms. The quantitative estimate of drug-likeness (QED) is 0.675. The van der Waals surface area contributed by atoms with Gasteiger partial charge in [-0.1, -0.05) is 33.6 Å². The SMILES string of the molecule is CCCC1C(C)CCC(O)C1C. The molecule has 1 fully saturated rings. The Labute approximate surface area is 76.2 Å². The molecule has 4 unspecified atom stereocenters. The molecule has 0 saturated heterocycles. The van der Waals surface area contributed by atoms with Gasteiger partial charge in [0.25, 0.3) is 0 Å². The van der Waals surface area contributed by atoms with Crippen LogP contribution in [-0.4, -0.2) is 11.2 Å². The average Bonchev–Trinajstić information content (AvgIpc) is 2.06. The normalized spacial score (nSPS) is 43.0. The minimum absolute atomic E-state index is 0.0299. The standard InChI is InChI=1S/C11H22O/c1-4-5-10-8(2)6-7-11(12)9(10)3/h8-12H,4-7H2,1-3H3. The van der Waals surface area contributed by atoms with Crippen molar-refractivity contribution in [3.05, 3.63) is 0 Å². The summed E-state index contributed by atoms with van der Waals surface area (Å²) in [5, 5.41) is 9.69. The molecule has 4 atom stereocenters. The van der Waals surface area contributed by atoms with Gasteiger partial charge in [-0.15, -0.1) is 0 Å². The molecule has 0 spiro atoms. The molecule has 0 aromatic rings. The van der Waals surface area contributed by atoms with Gasteiger partial charge in [-0.25, -0.2) is 0 Å². The van der Waals surface area contributed by atoms with Crippen molar-refractivity contribution in [1.29, 1.82) is 0 Å². The van der Waals surface area contributed by atoms with E-state index in [0.717, 1.165) is 18.3 Å². The van der Waals surface area contributed by atoms with Crippen LogP contribution in [0.1, 0.15) is 46.5 Å². The maximum atomic E-state index is 9.69. The Hall–Kier alpha value is -0.0400. The summed E-state index contributed by atoms with van der Waals surface area (Å²) in [5.74, 6) is 2.11. The minimum Gasteiger partial charge on any atom is -0.393 e. The summed E-state index contributed by atoms with van der Waals surface area (Å²) in [6, 6.07) is 0. The fourth-order valence-electron chi connectivity index (χ4n) is 2.59. The highest BCUT2D eigenvalue weighted by atomic mass is 16.3. The van der Waals surface area contributed by atoms with E-state index >= 15 is 0 Å². The van der Waals surface area contributed by atoms with Gasteiger partial charge in [0.1, 0.15) is 0 Å². The van der Waals surface area contributed by atoms with Gasteiger partial charge in [0.15, 0.2) is 0 Å². The summed E-state index contributed by atoms with van der Waals surface area (Å²) in [5.41, 5.74) is 0. The first-order valence-electron chi connectivity index (χ1n) is 5.34. The molecule has 1 heteroatoms. The maximum absolute atomic E-state index is 9.69. The zero-order valence-corrected chi connectivity index (χ0v) is 8.59. The smallest absolute Gasteiger partial charge is 0.0568 e. The van der Waals surface area contributed by atoms with Crippen LogP contribution in [0.5, 0.6) is 0 Å². The summed E-state index contributed by atoms with van der Waals surface area (Å²) < 4.78 is 0. The highest BCUT2D eigenvalue weighted by molar-refractivity contribution is 4.82. The zero-order chi connectivity index (χ0) is 9.14. The first kappa shape index (κ1) is 10.0. The lowest BCUT2D eigenvalue weighted by molar-refractivity contribution is 0.0126. The number of rotatable bonds is 2. The van der Waals surface area contributed by atoms with E-state index in [1.54, 1.807) is 0 Å². The van der Waals surface area contributed by atoms with Gasteiger partial charge in [0.2, 0.25) is 0 Å². The minimum atomic E-state index is -0.0299. The Morgan fingerprint density at radius 3 is 2.50 bits per heavy atom. The van der Waals surface area contributed by atoms with Crippen LogP contribution in [-0.2, 0) is 0 Å². The summed E-state index contributed by atoms with van der Waals surface area (Å²) in [6.07, 6.45) is 4.75. The van der Waals surface area contributed by atoms with E-state index in [1.807, 2.05) is 0 Å². The van der Waals surface area contributed by atoms with Gasteiger partial charge in [-0.2, -0.15) is 0 Å². The summed E-state index contributed by atoms with van der Waals surface area (Å²) in [4.78, 5) is 0. The van der Waals surface area contributed by atoms with Crippen molar-refractivity contribution in [3.8, 4) is 0 Å². The Morgan fingerprint density at radius 1 is 1.25 bits per heavy atom. The Bertz CT molecular complexity index is 133. The van der Waals surface area contributed by atoms with Crippen molar-refractivity contribution in [2.24, 2.45) is 17.8 Å². The molecule has 1 nitrogen and oxygen atoms in total. The third-order valence-corrected chi connectivity index (χ3v) is 3.55. The zero-order valence-electron chi connectivity index (χ0n) is 8.59.